The van der Waals surface area contributed by atoms with E-state index in [1.807, 2.05) is 38.5 Å². The first-order valence-electron chi connectivity index (χ1n) is 5.90. The molecule has 0 saturated heterocycles. The smallest absolute Gasteiger partial charge is 0.270 e. The van der Waals surface area contributed by atoms with Gasteiger partial charge in [0.25, 0.3) is 5.91 Å². The molecule has 2 aromatic heterocycles. The van der Waals surface area contributed by atoms with E-state index in [0.717, 1.165) is 10.6 Å². The highest BCUT2D eigenvalue weighted by Gasteiger charge is 2.11. The van der Waals surface area contributed by atoms with Crippen LogP contribution in [0.3, 0.4) is 0 Å². The molecule has 2 aromatic rings. The van der Waals surface area contributed by atoms with Crippen LogP contribution in [0.4, 0.5) is 5.95 Å². The first-order chi connectivity index (χ1) is 9.06. The van der Waals surface area contributed by atoms with Crippen molar-refractivity contribution < 1.29 is 4.79 Å². The van der Waals surface area contributed by atoms with E-state index in [4.69, 9.17) is 0 Å². The number of hydrogen-bond donors (Lipinski definition) is 1. The Balaban J connectivity index is 2.10. The molecule has 0 bridgehead atoms. The molecule has 1 N–H and O–H groups in total. The number of thiophene rings is 1. The molecule has 6 heteroatoms. The fourth-order valence-electron chi connectivity index (χ4n) is 1.54. The second-order valence-electron chi connectivity index (χ2n) is 4.35. The number of aromatic nitrogens is 2. The minimum atomic E-state index is -0.179. The summed E-state index contributed by atoms with van der Waals surface area (Å²) in [5.74, 6) is 0.364. The van der Waals surface area contributed by atoms with Crippen molar-refractivity contribution in [2.75, 3.05) is 19.0 Å². The molecule has 2 heterocycles. The molecule has 19 heavy (non-hydrogen) atoms. The third kappa shape index (κ3) is 3.51. The highest BCUT2D eigenvalue weighted by molar-refractivity contribution is 7.09. The van der Waals surface area contributed by atoms with Crippen LogP contribution in [0.2, 0.25) is 0 Å². The third-order valence-corrected chi connectivity index (χ3v) is 3.35. The normalized spacial score (nSPS) is 10.3. The van der Waals surface area contributed by atoms with Gasteiger partial charge in [-0.1, -0.05) is 6.07 Å². The standard InChI is InChI=1S/C13H16N4OS/c1-9-7-11(16-13(15-9)17(2)3)12(18)14-8-10-5-4-6-19-10/h4-7H,8H2,1-3H3,(H,14,18). The predicted octanol–water partition coefficient (Wildman–Crippen LogP) is 1.84. The highest BCUT2D eigenvalue weighted by atomic mass is 32.1. The molecule has 0 spiro atoms. The lowest BCUT2D eigenvalue weighted by Crippen LogP contribution is -2.25. The van der Waals surface area contributed by atoms with Crippen molar-refractivity contribution in [1.29, 1.82) is 0 Å². The number of carbonyl (C=O) groups is 1. The summed E-state index contributed by atoms with van der Waals surface area (Å²) in [6, 6.07) is 5.64. The second kappa shape index (κ2) is 5.79. The average molecular weight is 276 g/mol. The zero-order valence-electron chi connectivity index (χ0n) is 11.2. The Morgan fingerprint density at radius 2 is 2.21 bits per heavy atom. The molecule has 2 rings (SSSR count). The van der Waals surface area contributed by atoms with E-state index >= 15 is 0 Å². The van der Waals surface area contributed by atoms with Crippen LogP contribution in [-0.2, 0) is 6.54 Å². The van der Waals surface area contributed by atoms with Gasteiger partial charge in [-0.2, -0.15) is 0 Å². The molecule has 5 nitrogen and oxygen atoms in total. The maximum atomic E-state index is 12.1. The van der Waals surface area contributed by atoms with Crippen LogP contribution in [0.1, 0.15) is 21.1 Å². The van der Waals surface area contributed by atoms with Gasteiger partial charge in [0.1, 0.15) is 5.69 Å². The van der Waals surface area contributed by atoms with Gasteiger partial charge in [0.2, 0.25) is 5.95 Å². The Bertz CT molecular complexity index is 566. The van der Waals surface area contributed by atoms with Crippen molar-refractivity contribution >= 4 is 23.2 Å². The van der Waals surface area contributed by atoms with Crippen LogP contribution < -0.4 is 10.2 Å². The number of amides is 1. The zero-order valence-corrected chi connectivity index (χ0v) is 12.0. The Morgan fingerprint density at radius 3 is 2.84 bits per heavy atom. The Morgan fingerprint density at radius 1 is 1.42 bits per heavy atom. The van der Waals surface area contributed by atoms with Crippen LogP contribution in [0.5, 0.6) is 0 Å². The van der Waals surface area contributed by atoms with E-state index in [-0.39, 0.29) is 5.91 Å². The number of aryl methyl sites for hydroxylation is 1. The van der Waals surface area contributed by atoms with Crippen molar-refractivity contribution in [1.82, 2.24) is 15.3 Å². The number of carbonyl (C=O) groups excluding carboxylic acids is 1. The van der Waals surface area contributed by atoms with Gasteiger partial charge in [0.15, 0.2) is 0 Å². The molecular weight excluding hydrogens is 260 g/mol. The average Bonchev–Trinajstić information content (AvgIpc) is 2.88. The van der Waals surface area contributed by atoms with E-state index in [1.165, 1.54) is 0 Å². The summed E-state index contributed by atoms with van der Waals surface area (Å²) < 4.78 is 0. The molecule has 0 aromatic carbocycles. The van der Waals surface area contributed by atoms with Gasteiger partial charge in [0, 0.05) is 24.7 Å². The molecule has 0 fully saturated rings. The van der Waals surface area contributed by atoms with Crippen LogP contribution in [0.15, 0.2) is 23.6 Å². The minimum Gasteiger partial charge on any atom is -0.347 e. The zero-order chi connectivity index (χ0) is 13.8. The molecule has 0 unspecified atom stereocenters. The largest absolute Gasteiger partial charge is 0.347 e. The number of nitrogens with zero attached hydrogens (tertiary/aromatic N) is 3. The lowest BCUT2D eigenvalue weighted by atomic mass is 10.3. The van der Waals surface area contributed by atoms with Gasteiger partial charge in [-0.25, -0.2) is 9.97 Å². The van der Waals surface area contributed by atoms with Crippen molar-refractivity contribution in [3.63, 3.8) is 0 Å². The van der Waals surface area contributed by atoms with Gasteiger partial charge in [-0.3, -0.25) is 4.79 Å². The summed E-state index contributed by atoms with van der Waals surface area (Å²) in [7, 11) is 3.70. The quantitative estimate of drug-likeness (QED) is 0.925. The molecule has 0 atom stereocenters. The molecule has 1 amide bonds. The minimum absolute atomic E-state index is 0.179. The van der Waals surface area contributed by atoms with E-state index in [1.54, 1.807) is 22.3 Å². The lowest BCUT2D eigenvalue weighted by Gasteiger charge is -2.12. The van der Waals surface area contributed by atoms with Crippen LogP contribution in [0, 0.1) is 6.92 Å². The summed E-state index contributed by atoms with van der Waals surface area (Å²) in [4.78, 5) is 23.5. The molecule has 100 valence electrons. The lowest BCUT2D eigenvalue weighted by molar-refractivity contribution is 0.0946. The van der Waals surface area contributed by atoms with Gasteiger partial charge >= 0.3 is 0 Å². The fraction of sp³-hybridized carbons (Fsp3) is 0.308. The maximum absolute atomic E-state index is 12.1. The highest BCUT2D eigenvalue weighted by Crippen LogP contribution is 2.10. The summed E-state index contributed by atoms with van der Waals surface area (Å²) in [6.45, 7) is 2.38. The predicted molar refractivity (Wildman–Crippen MR) is 76.6 cm³/mol. The van der Waals surface area contributed by atoms with Gasteiger partial charge in [-0.15, -0.1) is 11.3 Å². The molecule has 0 aliphatic heterocycles. The molecule has 0 saturated carbocycles. The maximum Gasteiger partial charge on any atom is 0.270 e. The van der Waals surface area contributed by atoms with Crippen molar-refractivity contribution in [3.05, 3.63) is 39.8 Å². The van der Waals surface area contributed by atoms with Crippen LogP contribution >= 0.6 is 11.3 Å². The fourth-order valence-corrected chi connectivity index (χ4v) is 2.18. The Labute approximate surface area is 116 Å². The summed E-state index contributed by atoms with van der Waals surface area (Å²) >= 11 is 1.62. The van der Waals surface area contributed by atoms with Crippen molar-refractivity contribution in [2.24, 2.45) is 0 Å². The monoisotopic (exact) mass is 276 g/mol. The first kappa shape index (κ1) is 13.5. The van der Waals surface area contributed by atoms with E-state index in [0.29, 0.717) is 18.2 Å². The number of rotatable bonds is 4. The van der Waals surface area contributed by atoms with Crippen molar-refractivity contribution in [2.45, 2.75) is 13.5 Å². The Hall–Kier alpha value is -1.95. The van der Waals surface area contributed by atoms with Crippen LogP contribution in [0.25, 0.3) is 0 Å². The number of nitrogens with one attached hydrogen (secondary N) is 1. The van der Waals surface area contributed by atoms with Gasteiger partial charge in [0.05, 0.1) is 6.54 Å². The number of hydrogen-bond acceptors (Lipinski definition) is 5. The molecule has 0 radical (unpaired) electrons. The first-order valence-corrected chi connectivity index (χ1v) is 6.78. The van der Waals surface area contributed by atoms with Gasteiger partial charge in [-0.05, 0) is 24.4 Å². The molecule has 0 aliphatic rings. The van der Waals surface area contributed by atoms with Crippen molar-refractivity contribution in [3.8, 4) is 0 Å². The van der Waals surface area contributed by atoms with Gasteiger partial charge < -0.3 is 10.2 Å². The summed E-state index contributed by atoms with van der Waals surface area (Å²) in [5, 5.41) is 4.84. The summed E-state index contributed by atoms with van der Waals surface area (Å²) in [6.07, 6.45) is 0. The van der Waals surface area contributed by atoms with E-state index < -0.39 is 0 Å². The summed E-state index contributed by atoms with van der Waals surface area (Å²) in [5.41, 5.74) is 1.17. The second-order valence-corrected chi connectivity index (χ2v) is 5.38. The van der Waals surface area contributed by atoms with E-state index in [9.17, 15) is 4.79 Å². The molecular formula is C13H16N4OS. The van der Waals surface area contributed by atoms with E-state index in [2.05, 4.69) is 15.3 Å². The Kier molecular flexibility index (Phi) is 4.11. The number of anilines is 1. The van der Waals surface area contributed by atoms with Crippen LogP contribution in [-0.4, -0.2) is 30.0 Å². The topological polar surface area (TPSA) is 58.1 Å². The third-order valence-electron chi connectivity index (χ3n) is 2.48. The SMILES string of the molecule is Cc1cc(C(=O)NCc2cccs2)nc(N(C)C)n1. The molecule has 0 aliphatic carbocycles.